The lowest BCUT2D eigenvalue weighted by molar-refractivity contribution is -0.133. The number of ether oxygens (including phenoxy) is 1. The Morgan fingerprint density at radius 3 is 2.71 bits per heavy atom. The summed E-state index contributed by atoms with van der Waals surface area (Å²) >= 11 is 2.50. The number of anilines is 1. The molecule has 1 aliphatic rings. The third-order valence-corrected chi connectivity index (χ3v) is 7.37. The molecular weight excluding hydrogens is 434 g/mol. The number of benzene rings is 1. The van der Waals surface area contributed by atoms with Crippen molar-refractivity contribution in [1.29, 1.82) is 0 Å². The van der Waals surface area contributed by atoms with Crippen LogP contribution in [0.25, 0.3) is 0 Å². The van der Waals surface area contributed by atoms with Gasteiger partial charge in [-0.1, -0.05) is 36.5 Å². The fraction of sp³-hybridized carbons (Fsp3) is 0.500. The number of thiazole rings is 1. The predicted octanol–water partition coefficient (Wildman–Crippen LogP) is 5.20. The van der Waals surface area contributed by atoms with Gasteiger partial charge in [0.05, 0.1) is 22.8 Å². The third-order valence-electron chi connectivity index (χ3n) is 5.28. The molecule has 1 saturated carbocycles. The normalized spacial score (nSPS) is 18.4. The van der Waals surface area contributed by atoms with Crippen molar-refractivity contribution in [2.75, 3.05) is 24.2 Å². The molecule has 0 aliphatic heterocycles. The molecule has 2 N–H and O–H groups in total. The van der Waals surface area contributed by atoms with Gasteiger partial charge in [0, 0.05) is 12.6 Å². The second kappa shape index (κ2) is 12.0. The number of nitrogens with one attached hydrogen (secondary N) is 1. The summed E-state index contributed by atoms with van der Waals surface area (Å²) in [5.41, 5.74) is 0. The van der Waals surface area contributed by atoms with Crippen molar-refractivity contribution in [3.63, 3.8) is 0 Å². The molecule has 1 heterocycles. The Hall–Kier alpha value is -2.26. The minimum absolute atomic E-state index is 0.0244. The monoisotopic (exact) mass is 463 g/mol. The van der Waals surface area contributed by atoms with Gasteiger partial charge in [0.15, 0.2) is 5.13 Å². The molecule has 9 heteroatoms. The van der Waals surface area contributed by atoms with Gasteiger partial charge in [0.2, 0.25) is 0 Å². The van der Waals surface area contributed by atoms with E-state index in [9.17, 15) is 9.59 Å². The first-order chi connectivity index (χ1) is 15.0. The Morgan fingerprint density at radius 2 is 2.00 bits per heavy atom. The number of nitrogens with zero attached hydrogens (tertiary/aromatic N) is 2. The molecule has 7 nitrogen and oxygen atoms in total. The van der Waals surface area contributed by atoms with Crippen LogP contribution in [0.1, 0.15) is 39.0 Å². The summed E-state index contributed by atoms with van der Waals surface area (Å²) in [7, 11) is 0. The van der Waals surface area contributed by atoms with Gasteiger partial charge in [-0.05, 0) is 50.2 Å². The molecule has 0 bridgehead atoms. The number of urea groups is 1. The number of hydrogen-bond donors (Lipinski definition) is 2. The van der Waals surface area contributed by atoms with Gasteiger partial charge < -0.3 is 14.7 Å². The van der Waals surface area contributed by atoms with Crippen molar-refractivity contribution in [2.45, 2.75) is 49.3 Å². The number of thioether (sulfide) groups is 1. The van der Waals surface area contributed by atoms with E-state index in [0.29, 0.717) is 24.2 Å². The maximum atomic E-state index is 13.1. The minimum atomic E-state index is -0.876. The highest BCUT2D eigenvalue weighted by molar-refractivity contribution is 8.01. The summed E-state index contributed by atoms with van der Waals surface area (Å²) in [5, 5.41) is 12.2. The highest BCUT2D eigenvalue weighted by Gasteiger charge is 2.28. The Labute approximate surface area is 191 Å². The lowest BCUT2D eigenvalue weighted by Crippen LogP contribution is -2.45. The molecule has 1 fully saturated rings. The number of para-hydroxylation sites is 1. The van der Waals surface area contributed by atoms with E-state index in [0.717, 1.165) is 42.1 Å². The van der Waals surface area contributed by atoms with Crippen molar-refractivity contribution < 1.29 is 19.4 Å². The lowest BCUT2D eigenvalue weighted by atomic mass is 9.86. The summed E-state index contributed by atoms with van der Waals surface area (Å²) in [6.45, 7) is 3.42. The van der Waals surface area contributed by atoms with Crippen molar-refractivity contribution in [2.24, 2.45) is 5.92 Å². The summed E-state index contributed by atoms with van der Waals surface area (Å²) < 4.78 is 6.56. The van der Waals surface area contributed by atoms with E-state index in [2.05, 4.69) is 17.2 Å². The molecule has 0 radical (unpaired) electrons. The van der Waals surface area contributed by atoms with Crippen molar-refractivity contribution >= 4 is 40.2 Å². The predicted molar refractivity (Wildman–Crippen MR) is 124 cm³/mol. The number of rotatable bonds is 10. The van der Waals surface area contributed by atoms with E-state index in [-0.39, 0.29) is 17.8 Å². The zero-order valence-electron chi connectivity index (χ0n) is 17.7. The zero-order chi connectivity index (χ0) is 22.1. The molecule has 0 unspecified atom stereocenters. The molecule has 2 aromatic rings. The Balaban J connectivity index is 1.56. The number of hydrogen-bond acceptors (Lipinski definition) is 6. The molecule has 1 aromatic heterocycles. The fourth-order valence-electron chi connectivity index (χ4n) is 3.63. The Morgan fingerprint density at radius 1 is 1.26 bits per heavy atom. The van der Waals surface area contributed by atoms with Crippen LogP contribution in [0, 0.1) is 5.92 Å². The van der Waals surface area contributed by atoms with Crippen molar-refractivity contribution in [3.05, 3.63) is 36.5 Å². The lowest BCUT2D eigenvalue weighted by Gasteiger charge is -2.36. The quantitative estimate of drug-likeness (QED) is 0.372. The second-order valence-electron chi connectivity index (χ2n) is 7.72. The first kappa shape index (κ1) is 23.4. The van der Waals surface area contributed by atoms with Gasteiger partial charge in [-0.25, -0.2) is 9.78 Å². The molecule has 168 valence electrons. The highest BCUT2D eigenvalue weighted by atomic mass is 32.2. The van der Waals surface area contributed by atoms with E-state index >= 15 is 0 Å². The fourth-order valence-corrected chi connectivity index (χ4v) is 5.21. The Bertz CT molecular complexity index is 838. The summed E-state index contributed by atoms with van der Waals surface area (Å²) in [4.78, 5) is 30.0. The topological polar surface area (TPSA) is 91.8 Å². The molecule has 1 aliphatic carbocycles. The standard InChI is InChI=1S/C22H29N3O4S2/c1-16-8-10-17(11-9-16)25(12-5-13-29-18-6-3-2-4-7-18)22(28)24-21-23-14-20(31-21)30-15-19(26)27/h2-4,6-7,14,16-17H,5,8-13,15H2,1H3,(H,26,27)(H,23,24,28). The van der Waals surface area contributed by atoms with Crippen LogP contribution in [0.2, 0.25) is 0 Å². The average Bonchev–Trinajstić information content (AvgIpc) is 3.21. The highest BCUT2D eigenvalue weighted by Crippen LogP contribution is 2.30. The van der Waals surface area contributed by atoms with E-state index in [1.165, 1.54) is 23.1 Å². The van der Waals surface area contributed by atoms with Crippen LogP contribution < -0.4 is 10.1 Å². The van der Waals surface area contributed by atoms with Crippen LogP contribution in [0.5, 0.6) is 5.75 Å². The maximum Gasteiger partial charge on any atom is 0.323 e. The first-order valence-electron chi connectivity index (χ1n) is 10.6. The number of carbonyl (C=O) groups is 2. The number of aromatic nitrogens is 1. The van der Waals surface area contributed by atoms with Gasteiger partial charge in [-0.3, -0.25) is 10.1 Å². The summed E-state index contributed by atoms with van der Waals surface area (Å²) in [6.07, 6.45) is 6.61. The van der Waals surface area contributed by atoms with Crippen LogP contribution in [0.15, 0.2) is 40.7 Å². The number of carboxylic acid groups (broad SMARTS) is 1. The second-order valence-corrected chi connectivity index (χ2v) is 10.0. The first-order valence-corrected chi connectivity index (χ1v) is 12.4. The van der Waals surface area contributed by atoms with Gasteiger partial charge in [0.25, 0.3) is 0 Å². The molecule has 0 saturated heterocycles. The molecule has 3 rings (SSSR count). The molecule has 1 aromatic carbocycles. The number of carboxylic acids is 1. The molecule has 0 atom stereocenters. The van der Waals surface area contributed by atoms with Crippen molar-refractivity contribution in [3.8, 4) is 5.75 Å². The molecule has 0 spiro atoms. The van der Waals surface area contributed by atoms with E-state index in [1.807, 2.05) is 35.2 Å². The van der Waals surface area contributed by atoms with Crippen LogP contribution in [0.3, 0.4) is 0 Å². The van der Waals surface area contributed by atoms with Crippen LogP contribution >= 0.6 is 23.1 Å². The van der Waals surface area contributed by atoms with E-state index in [4.69, 9.17) is 9.84 Å². The summed E-state index contributed by atoms with van der Waals surface area (Å²) in [5.74, 6) is 0.637. The number of aliphatic carboxylic acids is 1. The summed E-state index contributed by atoms with van der Waals surface area (Å²) in [6, 6.07) is 9.75. The van der Waals surface area contributed by atoms with Gasteiger partial charge >= 0.3 is 12.0 Å². The number of carbonyl (C=O) groups excluding carboxylic acids is 1. The van der Waals surface area contributed by atoms with Gasteiger partial charge in [-0.2, -0.15) is 0 Å². The average molecular weight is 464 g/mol. The third kappa shape index (κ3) is 7.74. The number of amides is 2. The van der Waals surface area contributed by atoms with Crippen LogP contribution in [0.4, 0.5) is 9.93 Å². The maximum absolute atomic E-state index is 13.1. The van der Waals surface area contributed by atoms with Crippen LogP contribution in [-0.4, -0.2) is 51.9 Å². The van der Waals surface area contributed by atoms with Gasteiger partial charge in [-0.15, -0.1) is 11.8 Å². The smallest absolute Gasteiger partial charge is 0.323 e. The van der Waals surface area contributed by atoms with E-state index < -0.39 is 5.97 Å². The Kier molecular flexibility index (Phi) is 9.02. The minimum Gasteiger partial charge on any atom is -0.494 e. The van der Waals surface area contributed by atoms with Crippen LogP contribution in [-0.2, 0) is 4.79 Å². The molecule has 31 heavy (non-hydrogen) atoms. The molecular formula is C22H29N3O4S2. The zero-order valence-corrected chi connectivity index (χ0v) is 19.3. The van der Waals surface area contributed by atoms with Gasteiger partial charge in [0.1, 0.15) is 5.75 Å². The largest absolute Gasteiger partial charge is 0.494 e. The van der Waals surface area contributed by atoms with Crippen molar-refractivity contribution in [1.82, 2.24) is 9.88 Å². The molecule has 2 amide bonds. The van der Waals surface area contributed by atoms with E-state index in [1.54, 1.807) is 6.20 Å². The SMILES string of the molecule is CC1CCC(N(CCCOc2ccccc2)C(=O)Nc2ncc(SCC(=O)O)s2)CC1.